The van der Waals surface area contributed by atoms with Crippen molar-refractivity contribution < 1.29 is 14.1 Å². The molecule has 1 saturated carbocycles. The van der Waals surface area contributed by atoms with E-state index in [2.05, 4.69) is 10.1 Å². The average Bonchev–Trinajstić information content (AvgIpc) is 3.10. The number of ether oxygens (including phenoxy) is 1. The van der Waals surface area contributed by atoms with E-state index in [0.29, 0.717) is 36.6 Å². The van der Waals surface area contributed by atoms with E-state index in [1.54, 1.807) is 0 Å². The number of hydrogen-bond donors (Lipinski definition) is 0. The summed E-state index contributed by atoms with van der Waals surface area (Å²) in [7, 11) is 0. The maximum Gasteiger partial charge on any atom is 0.257 e. The number of rotatable bonds is 6. The molecule has 0 unspecified atom stereocenters. The highest BCUT2D eigenvalue weighted by Gasteiger charge is 2.31. The molecule has 1 aliphatic heterocycles. The van der Waals surface area contributed by atoms with E-state index >= 15 is 0 Å². The fourth-order valence-electron chi connectivity index (χ4n) is 3.53. The van der Waals surface area contributed by atoms with Gasteiger partial charge in [0, 0.05) is 31.0 Å². The second-order valence-corrected chi connectivity index (χ2v) is 7.16. The molecule has 0 atom stereocenters. The Morgan fingerprint density at radius 3 is 2.62 bits per heavy atom. The molecule has 1 aromatic carbocycles. The molecule has 2 heterocycles. The average molecular weight is 355 g/mol. The van der Waals surface area contributed by atoms with Gasteiger partial charge in [-0.1, -0.05) is 29.8 Å². The molecule has 1 aromatic heterocycles. The number of likely N-dealkylation sites (tertiary alicyclic amines) is 1. The SMILES string of the molecule is O=C(C1CCC1)N1CCC(OCCc2noc(-c3ccccc3)n2)CC1. The normalized spacial score (nSPS) is 18.7. The molecule has 1 amide bonds. The predicted octanol–water partition coefficient (Wildman–Crippen LogP) is 3.09. The fourth-order valence-corrected chi connectivity index (χ4v) is 3.53. The van der Waals surface area contributed by atoms with Crippen LogP contribution >= 0.6 is 0 Å². The van der Waals surface area contributed by atoms with Crippen molar-refractivity contribution in [1.29, 1.82) is 0 Å². The van der Waals surface area contributed by atoms with Crippen molar-refractivity contribution in [2.45, 2.75) is 44.6 Å². The van der Waals surface area contributed by atoms with Crippen LogP contribution in [0.25, 0.3) is 11.5 Å². The molecule has 0 bridgehead atoms. The standard InChI is InChI=1S/C20H25N3O3/c24-20(16-7-4-8-16)23-12-9-17(10-13-23)25-14-11-18-21-19(26-22-18)15-5-2-1-3-6-15/h1-3,5-6,16-17H,4,7-14H2. The molecule has 2 fully saturated rings. The Bertz CT molecular complexity index is 719. The van der Waals surface area contributed by atoms with Crippen LogP contribution in [0, 0.1) is 5.92 Å². The van der Waals surface area contributed by atoms with Crippen molar-refractivity contribution in [2.24, 2.45) is 5.92 Å². The smallest absolute Gasteiger partial charge is 0.257 e. The number of aromatic nitrogens is 2. The van der Waals surface area contributed by atoms with E-state index in [1.807, 2.05) is 35.2 Å². The van der Waals surface area contributed by atoms with E-state index < -0.39 is 0 Å². The molecule has 2 aliphatic rings. The second-order valence-electron chi connectivity index (χ2n) is 7.16. The van der Waals surface area contributed by atoms with Gasteiger partial charge in [0.2, 0.25) is 5.91 Å². The monoisotopic (exact) mass is 355 g/mol. The fraction of sp³-hybridized carbons (Fsp3) is 0.550. The molecule has 6 nitrogen and oxygen atoms in total. The maximum absolute atomic E-state index is 12.3. The molecule has 6 heteroatoms. The Labute approximate surface area is 153 Å². The van der Waals surface area contributed by atoms with Crippen molar-refractivity contribution in [3.8, 4) is 11.5 Å². The minimum Gasteiger partial charge on any atom is -0.378 e. The van der Waals surface area contributed by atoms with Gasteiger partial charge in [0.25, 0.3) is 5.89 Å². The first-order valence-electron chi connectivity index (χ1n) is 9.58. The van der Waals surface area contributed by atoms with Crippen molar-refractivity contribution in [3.05, 3.63) is 36.2 Å². The van der Waals surface area contributed by atoms with E-state index in [-0.39, 0.29) is 6.10 Å². The van der Waals surface area contributed by atoms with Gasteiger partial charge >= 0.3 is 0 Å². The summed E-state index contributed by atoms with van der Waals surface area (Å²) in [6, 6.07) is 9.76. The van der Waals surface area contributed by atoms with Crippen LogP contribution in [0.15, 0.2) is 34.9 Å². The highest BCUT2D eigenvalue weighted by molar-refractivity contribution is 5.79. The zero-order valence-corrected chi connectivity index (χ0v) is 15.0. The number of hydrogen-bond acceptors (Lipinski definition) is 5. The van der Waals surface area contributed by atoms with Gasteiger partial charge in [0.1, 0.15) is 0 Å². The van der Waals surface area contributed by atoms with Crippen LogP contribution in [-0.2, 0) is 16.0 Å². The van der Waals surface area contributed by atoms with Crippen LogP contribution in [0.1, 0.15) is 37.9 Å². The molecular formula is C20H25N3O3. The Kier molecular flexibility index (Phi) is 5.29. The molecule has 26 heavy (non-hydrogen) atoms. The summed E-state index contributed by atoms with van der Waals surface area (Å²) in [6.07, 6.45) is 6.05. The van der Waals surface area contributed by atoms with E-state index in [0.717, 1.165) is 44.3 Å². The van der Waals surface area contributed by atoms with Gasteiger partial charge in [-0.3, -0.25) is 4.79 Å². The highest BCUT2D eigenvalue weighted by atomic mass is 16.5. The van der Waals surface area contributed by atoms with Gasteiger partial charge in [-0.2, -0.15) is 4.98 Å². The van der Waals surface area contributed by atoms with Crippen LogP contribution in [0.5, 0.6) is 0 Å². The van der Waals surface area contributed by atoms with Crippen molar-refractivity contribution in [2.75, 3.05) is 19.7 Å². The third-order valence-electron chi connectivity index (χ3n) is 5.38. The first-order valence-corrected chi connectivity index (χ1v) is 9.58. The summed E-state index contributed by atoms with van der Waals surface area (Å²) in [5, 5.41) is 4.03. The largest absolute Gasteiger partial charge is 0.378 e. The third kappa shape index (κ3) is 3.96. The van der Waals surface area contributed by atoms with E-state index in [4.69, 9.17) is 9.26 Å². The van der Waals surface area contributed by atoms with Crippen LogP contribution in [0.3, 0.4) is 0 Å². The summed E-state index contributed by atoms with van der Waals surface area (Å²) in [4.78, 5) is 18.7. The number of carbonyl (C=O) groups is 1. The lowest BCUT2D eigenvalue weighted by molar-refractivity contribution is -0.140. The van der Waals surface area contributed by atoms with Gasteiger partial charge in [-0.25, -0.2) is 0 Å². The van der Waals surface area contributed by atoms with Crippen molar-refractivity contribution in [3.63, 3.8) is 0 Å². The van der Waals surface area contributed by atoms with Crippen molar-refractivity contribution in [1.82, 2.24) is 15.0 Å². The van der Waals surface area contributed by atoms with Gasteiger partial charge in [0.15, 0.2) is 5.82 Å². The number of carbonyl (C=O) groups excluding carboxylic acids is 1. The van der Waals surface area contributed by atoms with Crippen LogP contribution < -0.4 is 0 Å². The second kappa shape index (κ2) is 7.99. The van der Waals surface area contributed by atoms with E-state index in [9.17, 15) is 4.79 Å². The van der Waals surface area contributed by atoms with Gasteiger partial charge in [0.05, 0.1) is 12.7 Å². The first kappa shape index (κ1) is 17.2. The van der Waals surface area contributed by atoms with Crippen LogP contribution in [-0.4, -0.2) is 46.7 Å². The van der Waals surface area contributed by atoms with Crippen LogP contribution in [0.2, 0.25) is 0 Å². The molecule has 1 saturated heterocycles. The summed E-state index contributed by atoms with van der Waals surface area (Å²) < 4.78 is 11.3. The number of benzene rings is 1. The minimum atomic E-state index is 0.223. The van der Waals surface area contributed by atoms with Gasteiger partial charge in [-0.15, -0.1) is 0 Å². The lowest BCUT2D eigenvalue weighted by atomic mass is 9.84. The van der Waals surface area contributed by atoms with Gasteiger partial charge in [-0.05, 0) is 37.8 Å². The molecule has 2 aromatic rings. The quantitative estimate of drug-likeness (QED) is 0.796. The summed E-state index contributed by atoms with van der Waals surface area (Å²) in [6.45, 7) is 2.22. The van der Waals surface area contributed by atoms with Gasteiger partial charge < -0.3 is 14.2 Å². The molecule has 0 N–H and O–H groups in total. The zero-order chi connectivity index (χ0) is 17.8. The summed E-state index contributed by atoms with van der Waals surface area (Å²) >= 11 is 0. The topological polar surface area (TPSA) is 68.5 Å². The van der Waals surface area contributed by atoms with Crippen LogP contribution in [0.4, 0.5) is 0 Å². The highest BCUT2D eigenvalue weighted by Crippen LogP contribution is 2.29. The number of piperidine rings is 1. The predicted molar refractivity (Wildman–Crippen MR) is 96.3 cm³/mol. The molecule has 4 rings (SSSR count). The maximum atomic E-state index is 12.3. The summed E-state index contributed by atoms with van der Waals surface area (Å²) in [5.41, 5.74) is 0.927. The molecule has 138 valence electrons. The lowest BCUT2D eigenvalue weighted by Crippen LogP contribution is -2.45. The minimum absolute atomic E-state index is 0.223. The Morgan fingerprint density at radius 2 is 1.92 bits per heavy atom. The number of nitrogens with zero attached hydrogens (tertiary/aromatic N) is 3. The third-order valence-corrected chi connectivity index (χ3v) is 5.38. The number of amides is 1. The zero-order valence-electron chi connectivity index (χ0n) is 15.0. The Hall–Kier alpha value is -2.21. The Balaban J connectivity index is 1.19. The Morgan fingerprint density at radius 1 is 1.15 bits per heavy atom. The molecular weight excluding hydrogens is 330 g/mol. The summed E-state index contributed by atoms with van der Waals surface area (Å²) in [5.74, 6) is 1.87. The first-order chi connectivity index (χ1) is 12.8. The molecule has 0 radical (unpaired) electrons. The van der Waals surface area contributed by atoms with Crippen molar-refractivity contribution >= 4 is 5.91 Å². The molecule has 1 aliphatic carbocycles. The van der Waals surface area contributed by atoms with E-state index in [1.165, 1.54) is 6.42 Å². The molecule has 0 spiro atoms. The lowest BCUT2D eigenvalue weighted by Gasteiger charge is -2.36.